The highest BCUT2D eigenvalue weighted by atomic mass is 15.1. The fourth-order valence-electron chi connectivity index (χ4n) is 1.94. The van der Waals surface area contributed by atoms with Gasteiger partial charge in [0.2, 0.25) is 5.95 Å². The molecule has 3 aromatic rings. The van der Waals surface area contributed by atoms with Crippen molar-refractivity contribution in [2.24, 2.45) is 0 Å². The standard InChI is InChI=1S/C16H12N4/c17-9-12-5-7-13(8-6-12)10-18-16-19-11-14-3-1-2-4-15(14)20-16/h1-8,11H,10H2,(H,18,19,20). The van der Waals surface area contributed by atoms with Crippen molar-refractivity contribution in [3.05, 3.63) is 65.9 Å². The fourth-order valence-corrected chi connectivity index (χ4v) is 1.94. The number of fused-ring (bicyclic) bond motifs is 1. The Hall–Kier alpha value is -2.93. The lowest BCUT2D eigenvalue weighted by Crippen LogP contribution is -2.03. The van der Waals surface area contributed by atoms with Gasteiger partial charge in [0, 0.05) is 18.1 Å². The normalized spacial score (nSPS) is 10.2. The van der Waals surface area contributed by atoms with Crippen LogP contribution in [0.3, 0.4) is 0 Å². The molecule has 20 heavy (non-hydrogen) atoms. The lowest BCUT2D eigenvalue weighted by atomic mass is 10.1. The molecule has 0 spiro atoms. The second kappa shape index (κ2) is 5.37. The number of anilines is 1. The predicted molar refractivity (Wildman–Crippen MR) is 78.0 cm³/mol. The summed E-state index contributed by atoms with van der Waals surface area (Å²) in [5, 5.41) is 13.0. The Bertz CT molecular complexity index is 772. The van der Waals surface area contributed by atoms with Crippen LogP contribution >= 0.6 is 0 Å². The fraction of sp³-hybridized carbons (Fsp3) is 0.0625. The molecule has 0 saturated heterocycles. The molecule has 4 nitrogen and oxygen atoms in total. The van der Waals surface area contributed by atoms with E-state index < -0.39 is 0 Å². The van der Waals surface area contributed by atoms with E-state index in [9.17, 15) is 0 Å². The van der Waals surface area contributed by atoms with Crippen LogP contribution in [0, 0.1) is 11.3 Å². The third-order valence-corrected chi connectivity index (χ3v) is 3.02. The van der Waals surface area contributed by atoms with Gasteiger partial charge >= 0.3 is 0 Å². The zero-order valence-corrected chi connectivity index (χ0v) is 10.7. The van der Waals surface area contributed by atoms with E-state index in [1.165, 1.54) is 0 Å². The molecule has 0 saturated carbocycles. The molecule has 96 valence electrons. The molecule has 1 aromatic heterocycles. The van der Waals surface area contributed by atoms with E-state index in [1.807, 2.05) is 42.6 Å². The summed E-state index contributed by atoms with van der Waals surface area (Å²) in [5.41, 5.74) is 2.67. The SMILES string of the molecule is N#Cc1ccc(CNc2ncc3ccccc3n2)cc1. The van der Waals surface area contributed by atoms with Crippen LogP contribution < -0.4 is 5.32 Å². The summed E-state index contributed by atoms with van der Waals surface area (Å²) in [6.45, 7) is 0.629. The monoisotopic (exact) mass is 260 g/mol. The van der Waals surface area contributed by atoms with E-state index in [2.05, 4.69) is 21.4 Å². The topological polar surface area (TPSA) is 61.6 Å². The van der Waals surface area contributed by atoms with Crippen LogP contribution in [0.2, 0.25) is 0 Å². The molecule has 0 fully saturated rings. The quantitative estimate of drug-likeness (QED) is 0.786. The van der Waals surface area contributed by atoms with E-state index in [4.69, 9.17) is 5.26 Å². The number of rotatable bonds is 3. The molecule has 3 rings (SSSR count). The second-order valence-electron chi connectivity index (χ2n) is 4.41. The Balaban J connectivity index is 1.74. The molecule has 0 atom stereocenters. The zero-order valence-electron chi connectivity index (χ0n) is 10.7. The van der Waals surface area contributed by atoms with Crippen molar-refractivity contribution in [3.8, 4) is 6.07 Å². The van der Waals surface area contributed by atoms with Crippen molar-refractivity contribution < 1.29 is 0 Å². The number of nitrogens with one attached hydrogen (secondary N) is 1. The lowest BCUT2D eigenvalue weighted by molar-refractivity contribution is 1.07. The highest BCUT2D eigenvalue weighted by Gasteiger charge is 1.99. The molecule has 0 radical (unpaired) electrons. The molecule has 1 N–H and O–H groups in total. The van der Waals surface area contributed by atoms with Gasteiger partial charge in [-0.25, -0.2) is 9.97 Å². The summed E-state index contributed by atoms with van der Waals surface area (Å²) in [7, 11) is 0. The number of aromatic nitrogens is 2. The number of hydrogen-bond donors (Lipinski definition) is 1. The lowest BCUT2D eigenvalue weighted by Gasteiger charge is -2.05. The largest absolute Gasteiger partial charge is 0.350 e. The third-order valence-electron chi connectivity index (χ3n) is 3.02. The maximum atomic E-state index is 8.75. The minimum Gasteiger partial charge on any atom is -0.350 e. The second-order valence-corrected chi connectivity index (χ2v) is 4.41. The molecule has 0 aliphatic heterocycles. The van der Waals surface area contributed by atoms with Gasteiger partial charge in [-0.05, 0) is 23.8 Å². The van der Waals surface area contributed by atoms with Crippen molar-refractivity contribution >= 4 is 16.9 Å². The Labute approximate surface area is 116 Å². The number of para-hydroxylation sites is 1. The molecule has 0 aliphatic rings. The minimum absolute atomic E-state index is 0.605. The third kappa shape index (κ3) is 2.57. The van der Waals surface area contributed by atoms with Crippen LogP contribution in [0.4, 0.5) is 5.95 Å². The Morgan fingerprint density at radius 2 is 1.85 bits per heavy atom. The van der Waals surface area contributed by atoms with Gasteiger partial charge in [-0.3, -0.25) is 0 Å². The number of nitriles is 1. The Morgan fingerprint density at radius 3 is 2.65 bits per heavy atom. The van der Waals surface area contributed by atoms with Gasteiger partial charge in [0.15, 0.2) is 0 Å². The summed E-state index contributed by atoms with van der Waals surface area (Å²) in [5.74, 6) is 0.605. The zero-order chi connectivity index (χ0) is 13.8. The average Bonchev–Trinajstić information content (AvgIpc) is 2.53. The average molecular weight is 260 g/mol. The molecule has 0 amide bonds. The minimum atomic E-state index is 0.605. The van der Waals surface area contributed by atoms with E-state index in [-0.39, 0.29) is 0 Å². The van der Waals surface area contributed by atoms with Gasteiger partial charge in [-0.1, -0.05) is 30.3 Å². The van der Waals surface area contributed by atoms with Gasteiger partial charge in [0.1, 0.15) is 0 Å². The molecule has 0 aliphatic carbocycles. The van der Waals surface area contributed by atoms with Crippen molar-refractivity contribution in [3.63, 3.8) is 0 Å². The number of nitrogens with zero attached hydrogens (tertiary/aromatic N) is 3. The van der Waals surface area contributed by atoms with Gasteiger partial charge in [0.25, 0.3) is 0 Å². The summed E-state index contributed by atoms with van der Waals surface area (Å²) in [6.07, 6.45) is 1.81. The van der Waals surface area contributed by atoms with Gasteiger partial charge in [-0.2, -0.15) is 5.26 Å². The van der Waals surface area contributed by atoms with Crippen molar-refractivity contribution in [1.29, 1.82) is 5.26 Å². The molecule has 1 heterocycles. The summed E-state index contributed by atoms with van der Waals surface area (Å²) in [6, 6.07) is 17.4. The van der Waals surface area contributed by atoms with E-state index in [0.29, 0.717) is 18.1 Å². The van der Waals surface area contributed by atoms with E-state index in [0.717, 1.165) is 16.5 Å². The van der Waals surface area contributed by atoms with Crippen molar-refractivity contribution in [2.75, 3.05) is 5.32 Å². The van der Waals surface area contributed by atoms with Gasteiger partial charge in [0.05, 0.1) is 17.1 Å². The molecular formula is C16H12N4. The smallest absolute Gasteiger partial charge is 0.223 e. The molecular weight excluding hydrogens is 248 g/mol. The van der Waals surface area contributed by atoms with Crippen LogP contribution in [-0.2, 0) is 6.54 Å². The van der Waals surface area contributed by atoms with Crippen molar-refractivity contribution in [1.82, 2.24) is 9.97 Å². The number of benzene rings is 2. The highest BCUT2D eigenvalue weighted by Crippen LogP contribution is 2.12. The summed E-state index contributed by atoms with van der Waals surface area (Å²) in [4.78, 5) is 8.73. The maximum Gasteiger partial charge on any atom is 0.223 e. The van der Waals surface area contributed by atoms with Crippen molar-refractivity contribution in [2.45, 2.75) is 6.54 Å². The first-order chi connectivity index (χ1) is 9.85. The molecule has 0 bridgehead atoms. The van der Waals surface area contributed by atoms with Crippen LogP contribution in [0.1, 0.15) is 11.1 Å². The molecule has 4 heteroatoms. The summed E-state index contributed by atoms with van der Waals surface area (Å²) >= 11 is 0. The highest BCUT2D eigenvalue weighted by molar-refractivity contribution is 5.78. The molecule has 0 unspecified atom stereocenters. The maximum absolute atomic E-state index is 8.75. The van der Waals surface area contributed by atoms with Crippen LogP contribution in [0.15, 0.2) is 54.7 Å². The van der Waals surface area contributed by atoms with Crippen LogP contribution in [0.5, 0.6) is 0 Å². The Morgan fingerprint density at radius 1 is 1.05 bits per heavy atom. The van der Waals surface area contributed by atoms with Crippen LogP contribution in [0.25, 0.3) is 10.9 Å². The van der Waals surface area contributed by atoms with Gasteiger partial charge < -0.3 is 5.32 Å². The first kappa shape index (κ1) is 12.1. The number of hydrogen-bond acceptors (Lipinski definition) is 4. The molecule has 2 aromatic carbocycles. The van der Waals surface area contributed by atoms with Gasteiger partial charge in [-0.15, -0.1) is 0 Å². The Kier molecular flexibility index (Phi) is 3.25. The predicted octanol–water partition coefficient (Wildman–Crippen LogP) is 3.11. The first-order valence-corrected chi connectivity index (χ1v) is 6.30. The van der Waals surface area contributed by atoms with Crippen LogP contribution in [-0.4, -0.2) is 9.97 Å². The first-order valence-electron chi connectivity index (χ1n) is 6.30. The summed E-state index contributed by atoms with van der Waals surface area (Å²) < 4.78 is 0. The van der Waals surface area contributed by atoms with E-state index >= 15 is 0 Å². The van der Waals surface area contributed by atoms with E-state index in [1.54, 1.807) is 12.1 Å².